The van der Waals surface area contributed by atoms with Gasteiger partial charge in [-0.25, -0.2) is 0 Å². The summed E-state index contributed by atoms with van der Waals surface area (Å²) in [5.74, 6) is -0.218. The van der Waals surface area contributed by atoms with Crippen LogP contribution in [0.2, 0.25) is 0 Å². The molecule has 2 aliphatic rings. The molecule has 0 heterocycles. The summed E-state index contributed by atoms with van der Waals surface area (Å²) < 4.78 is 0. The van der Waals surface area contributed by atoms with E-state index in [2.05, 4.69) is 24.3 Å². The van der Waals surface area contributed by atoms with Gasteiger partial charge in [-0.3, -0.25) is 4.79 Å². The summed E-state index contributed by atoms with van der Waals surface area (Å²) in [4.78, 5) is 10.0. The largest absolute Gasteiger partial charge is 0.480 e. The predicted octanol–water partition coefficient (Wildman–Crippen LogP) is 4.28. The summed E-state index contributed by atoms with van der Waals surface area (Å²) in [5.41, 5.74) is 2.47. The lowest BCUT2D eigenvalue weighted by Gasteiger charge is -2.22. The Hall–Kier alpha value is -1.02. The van der Waals surface area contributed by atoms with Crippen LogP contribution in [-0.2, 0) is 4.79 Å². The number of hydrogen-bond donors (Lipinski definition) is 1. The van der Waals surface area contributed by atoms with Gasteiger partial charge in [0.15, 0.2) is 0 Å². The molecule has 1 N–H and O–H groups in total. The molecular formula is C16H19ClO2. The fourth-order valence-corrected chi connectivity index (χ4v) is 3.57. The van der Waals surface area contributed by atoms with Gasteiger partial charge in [0.1, 0.15) is 4.87 Å². The first-order chi connectivity index (χ1) is 9.11. The average molecular weight is 279 g/mol. The van der Waals surface area contributed by atoms with E-state index in [0.29, 0.717) is 12.3 Å². The van der Waals surface area contributed by atoms with E-state index < -0.39 is 10.8 Å². The van der Waals surface area contributed by atoms with Crippen LogP contribution >= 0.6 is 11.6 Å². The fourth-order valence-electron chi connectivity index (χ4n) is 3.29. The lowest BCUT2D eigenvalue weighted by atomic mass is 9.84. The topological polar surface area (TPSA) is 37.3 Å². The van der Waals surface area contributed by atoms with Crippen molar-refractivity contribution in [3.05, 3.63) is 35.4 Å². The highest BCUT2D eigenvalue weighted by atomic mass is 35.5. The van der Waals surface area contributed by atoms with E-state index in [9.17, 15) is 4.79 Å². The quantitative estimate of drug-likeness (QED) is 0.838. The molecule has 102 valence electrons. The SMILES string of the molecule is O=C(O)C1(Cl)CC1c1ccc(C2CCCCC2)cc1. The molecule has 0 aromatic heterocycles. The Morgan fingerprint density at radius 1 is 1.11 bits per heavy atom. The maximum Gasteiger partial charge on any atom is 0.325 e. The predicted molar refractivity (Wildman–Crippen MR) is 75.8 cm³/mol. The van der Waals surface area contributed by atoms with E-state index in [1.165, 1.54) is 37.7 Å². The fraction of sp³-hybridized carbons (Fsp3) is 0.562. The Labute approximate surface area is 118 Å². The van der Waals surface area contributed by atoms with Crippen LogP contribution in [0.1, 0.15) is 61.5 Å². The number of alkyl halides is 1. The van der Waals surface area contributed by atoms with E-state index in [1.54, 1.807) is 0 Å². The molecular weight excluding hydrogens is 260 g/mol. The number of aliphatic carboxylic acids is 1. The molecule has 19 heavy (non-hydrogen) atoms. The van der Waals surface area contributed by atoms with Crippen molar-refractivity contribution in [1.29, 1.82) is 0 Å². The van der Waals surface area contributed by atoms with Crippen molar-refractivity contribution in [3.8, 4) is 0 Å². The highest BCUT2D eigenvalue weighted by Gasteiger charge is 2.60. The third-order valence-electron chi connectivity index (χ3n) is 4.66. The van der Waals surface area contributed by atoms with Crippen LogP contribution in [0.5, 0.6) is 0 Å². The van der Waals surface area contributed by atoms with Crippen LogP contribution in [0, 0.1) is 0 Å². The molecule has 1 aromatic rings. The third-order valence-corrected chi connectivity index (χ3v) is 5.24. The second-order valence-corrected chi connectivity index (χ2v) is 6.60. The first-order valence-electron chi connectivity index (χ1n) is 7.13. The smallest absolute Gasteiger partial charge is 0.325 e. The van der Waals surface area contributed by atoms with Gasteiger partial charge in [-0.1, -0.05) is 43.5 Å². The molecule has 0 amide bonds. The summed E-state index contributed by atoms with van der Waals surface area (Å²) >= 11 is 6.07. The first-order valence-corrected chi connectivity index (χ1v) is 7.51. The maximum absolute atomic E-state index is 11.0. The van der Waals surface area contributed by atoms with Crippen LogP contribution in [0.4, 0.5) is 0 Å². The Kier molecular flexibility index (Phi) is 3.30. The molecule has 2 unspecified atom stereocenters. The molecule has 3 heteroatoms. The van der Waals surface area contributed by atoms with Gasteiger partial charge in [-0.2, -0.15) is 0 Å². The Morgan fingerprint density at radius 3 is 2.21 bits per heavy atom. The molecule has 2 fully saturated rings. The number of carboxylic acids is 1. The zero-order valence-electron chi connectivity index (χ0n) is 10.9. The lowest BCUT2D eigenvalue weighted by Crippen LogP contribution is -2.16. The first kappa shape index (κ1) is 13.0. The van der Waals surface area contributed by atoms with E-state index in [4.69, 9.17) is 16.7 Å². The minimum absolute atomic E-state index is 0.0212. The number of hydrogen-bond acceptors (Lipinski definition) is 1. The third kappa shape index (κ3) is 2.38. The van der Waals surface area contributed by atoms with Gasteiger partial charge in [0.25, 0.3) is 0 Å². The maximum atomic E-state index is 11.0. The second-order valence-electron chi connectivity index (χ2n) is 5.93. The zero-order valence-corrected chi connectivity index (χ0v) is 11.7. The molecule has 0 saturated heterocycles. The van der Waals surface area contributed by atoms with Gasteiger partial charge in [0, 0.05) is 5.92 Å². The van der Waals surface area contributed by atoms with Crippen molar-refractivity contribution in [1.82, 2.24) is 0 Å². The van der Waals surface area contributed by atoms with E-state index in [0.717, 1.165) is 5.56 Å². The summed E-state index contributed by atoms with van der Waals surface area (Å²) in [6.07, 6.45) is 7.16. The van der Waals surface area contributed by atoms with Crippen LogP contribution in [0.3, 0.4) is 0 Å². The van der Waals surface area contributed by atoms with Gasteiger partial charge in [0.2, 0.25) is 0 Å². The summed E-state index contributed by atoms with van der Waals surface area (Å²) in [7, 11) is 0. The summed E-state index contributed by atoms with van der Waals surface area (Å²) in [6, 6.07) is 8.48. The van der Waals surface area contributed by atoms with Crippen LogP contribution in [0.15, 0.2) is 24.3 Å². The number of carboxylic acid groups (broad SMARTS) is 1. The number of benzene rings is 1. The number of carbonyl (C=O) groups is 1. The molecule has 2 aliphatic carbocycles. The Bertz CT molecular complexity index is 476. The molecule has 2 atom stereocenters. The molecule has 0 radical (unpaired) electrons. The van der Waals surface area contributed by atoms with Crippen LogP contribution in [0.25, 0.3) is 0 Å². The average Bonchev–Trinajstić information content (AvgIpc) is 3.14. The van der Waals surface area contributed by atoms with E-state index >= 15 is 0 Å². The summed E-state index contributed by atoms with van der Waals surface area (Å²) in [5, 5.41) is 9.07. The molecule has 0 aliphatic heterocycles. The van der Waals surface area contributed by atoms with Gasteiger partial charge in [0.05, 0.1) is 0 Å². The highest BCUT2D eigenvalue weighted by molar-refractivity contribution is 6.37. The molecule has 0 spiro atoms. The Morgan fingerprint density at radius 2 is 1.68 bits per heavy atom. The van der Waals surface area contributed by atoms with Crippen molar-refractivity contribution in [2.24, 2.45) is 0 Å². The molecule has 2 saturated carbocycles. The molecule has 1 aromatic carbocycles. The molecule has 0 bridgehead atoms. The highest BCUT2D eigenvalue weighted by Crippen LogP contribution is 2.56. The van der Waals surface area contributed by atoms with Crippen molar-refractivity contribution in [2.45, 2.75) is 55.2 Å². The van der Waals surface area contributed by atoms with Crippen molar-refractivity contribution < 1.29 is 9.90 Å². The van der Waals surface area contributed by atoms with Crippen molar-refractivity contribution in [2.75, 3.05) is 0 Å². The monoisotopic (exact) mass is 278 g/mol. The van der Waals surface area contributed by atoms with Crippen molar-refractivity contribution in [3.63, 3.8) is 0 Å². The molecule has 3 rings (SSSR count). The number of halogens is 1. The van der Waals surface area contributed by atoms with Crippen LogP contribution in [-0.4, -0.2) is 16.0 Å². The molecule has 2 nitrogen and oxygen atoms in total. The van der Waals surface area contributed by atoms with Crippen molar-refractivity contribution >= 4 is 17.6 Å². The van der Waals surface area contributed by atoms with E-state index in [-0.39, 0.29) is 5.92 Å². The van der Waals surface area contributed by atoms with E-state index in [1.807, 2.05) is 0 Å². The minimum atomic E-state index is -1.05. The normalized spacial score (nSPS) is 31.1. The number of rotatable bonds is 3. The lowest BCUT2D eigenvalue weighted by molar-refractivity contribution is -0.137. The van der Waals surface area contributed by atoms with Gasteiger partial charge in [-0.05, 0) is 36.3 Å². The minimum Gasteiger partial charge on any atom is -0.480 e. The second kappa shape index (κ2) is 4.82. The van der Waals surface area contributed by atoms with Gasteiger partial charge < -0.3 is 5.11 Å². The summed E-state index contributed by atoms with van der Waals surface area (Å²) in [6.45, 7) is 0. The van der Waals surface area contributed by atoms with Crippen LogP contribution < -0.4 is 0 Å². The van der Waals surface area contributed by atoms with Gasteiger partial charge in [-0.15, -0.1) is 11.6 Å². The van der Waals surface area contributed by atoms with Gasteiger partial charge >= 0.3 is 5.97 Å². The zero-order chi connectivity index (χ0) is 13.5. The standard InChI is InChI=1S/C16H19ClO2/c17-16(15(18)19)10-14(16)13-8-6-12(7-9-13)11-4-2-1-3-5-11/h6-9,11,14H,1-5,10H2,(H,18,19). The Balaban J connectivity index is 1.71.